The van der Waals surface area contributed by atoms with Gasteiger partial charge in [0.05, 0.1) is 29.4 Å². The van der Waals surface area contributed by atoms with Crippen molar-refractivity contribution in [3.8, 4) is 5.75 Å². The largest absolute Gasteiger partial charge is 0.492 e. The number of para-hydroxylation sites is 2. The van der Waals surface area contributed by atoms with Crippen LogP contribution in [-0.2, 0) is 0 Å². The standard InChI is InChI=1S/C18H25N5O2/c1-4-25-16-8-6-5-7-15(16)19-18(24)23-11-9-22(10-12-23)17-13(2)20-21-14(17)3/h5-8H,4,9-12H2,1-3H3,(H,19,24)(H,20,21). The molecule has 25 heavy (non-hydrogen) atoms. The highest BCUT2D eigenvalue weighted by molar-refractivity contribution is 5.91. The van der Waals surface area contributed by atoms with Crippen molar-refractivity contribution in [2.75, 3.05) is 43.0 Å². The molecule has 2 N–H and O–H groups in total. The number of aromatic amines is 1. The Morgan fingerprint density at radius 3 is 2.60 bits per heavy atom. The molecule has 0 radical (unpaired) electrons. The second kappa shape index (κ2) is 7.46. The van der Waals surface area contributed by atoms with Crippen molar-refractivity contribution in [3.05, 3.63) is 35.7 Å². The molecular formula is C18H25N5O2. The Labute approximate surface area is 148 Å². The molecule has 0 saturated carbocycles. The number of piperazine rings is 1. The number of anilines is 2. The number of H-pyrrole nitrogens is 1. The van der Waals surface area contributed by atoms with E-state index < -0.39 is 0 Å². The SMILES string of the molecule is CCOc1ccccc1NC(=O)N1CCN(c2c(C)n[nH]c2C)CC1. The average molecular weight is 343 g/mol. The number of carbonyl (C=O) groups excluding carboxylic acids is 1. The van der Waals surface area contributed by atoms with Gasteiger partial charge in [-0.05, 0) is 32.9 Å². The molecule has 1 aromatic heterocycles. The van der Waals surface area contributed by atoms with Crippen molar-refractivity contribution in [2.24, 2.45) is 0 Å². The van der Waals surface area contributed by atoms with E-state index in [0.717, 1.165) is 30.2 Å². The Morgan fingerprint density at radius 2 is 1.96 bits per heavy atom. The lowest BCUT2D eigenvalue weighted by atomic mass is 10.2. The number of nitrogens with zero attached hydrogens (tertiary/aromatic N) is 3. The lowest BCUT2D eigenvalue weighted by Gasteiger charge is -2.36. The second-order valence-electron chi connectivity index (χ2n) is 6.12. The molecule has 0 atom stereocenters. The van der Waals surface area contributed by atoms with Gasteiger partial charge in [-0.15, -0.1) is 0 Å². The summed E-state index contributed by atoms with van der Waals surface area (Å²) in [5, 5.41) is 10.2. The van der Waals surface area contributed by atoms with Crippen LogP contribution in [0.15, 0.2) is 24.3 Å². The van der Waals surface area contributed by atoms with Gasteiger partial charge in [0.2, 0.25) is 0 Å². The number of hydrogen-bond acceptors (Lipinski definition) is 4. The van der Waals surface area contributed by atoms with Gasteiger partial charge in [0, 0.05) is 26.2 Å². The number of aryl methyl sites for hydroxylation is 2. The minimum absolute atomic E-state index is 0.0903. The molecule has 1 saturated heterocycles. The third-order valence-electron chi connectivity index (χ3n) is 4.40. The average Bonchev–Trinajstić information content (AvgIpc) is 2.95. The zero-order valence-electron chi connectivity index (χ0n) is 15.0. The number of rotatable bonds is 4. The fraction of sp³-hybridized carbons (Fsp3) is 0.444. The number of benzene rings is 1. The lowest BCUT2D eigenvalue weighted by Crippen LogP contribution is -2.50. The fourth-order valence-corrected chi connectivity index (χ4v) is 3.19. The highest BCUT2D eigenvalue weighted by Gasteiger charge is 2.24. The lowest BCUT2D eigenvalue weighted by molar-refractivity contribution is 0.208. The molecule has 1 fully saturated rings. The van der Waals surface area contributed by atoms with Gasteiger partial charge < -0.3 is 19.9 Å². The topological polar surface area (TPSA) is 73.5 Å². The van der Waals surface area contributed by atoms with Crippen LogP contribution in [0.3, 0.4) is 0 Å². The summed E-state index contributed by atoms with van der Waals surface area (Å²) in [5.41, 5.74) is 3.93. The van der Waals surface area contributed by atoms with Gasteiger partial charge in [0.25, 0.3) is 0 Å². The normalized spacial score (nSPS) is 14.5. The zero-order valence-corrected chi connectivity index (χ0v) is 15.0. The van der Waals surface area contributed by atoms with E-state index in [9.17, 15) is 4.79 Å². The summed E-state index contributed by atoms with van der Waals surface area (Å²) in [5.74, 6) is 0.696. The number of nitrogens with one attached hydrogen (secondary N) is 2. The summed E-state index contributed by atoms with van der Waals surface area (Å²) >= 11 is 0. The van der Waals surface area contributed by atoms with Crippen LogP contribution in [0.4, 0.5) is 16.2 Å². The van der Waals surface area contributed by atoms with Gasteiger partial charge in [-0.1, -0.05) is 12.1 Å². The van der Waals surface area contributed by atoms with Crippen LogP contribution in [0.1, 0.15) is 18.3 Å². The Morgan fingerprint density at radius 1 is 1.24 bits per heavy atom. The second-order valence-corrected chi connectivity index (χ2v) is 6.12. The molecule has 2 heterocycles. The van der Waals surface area contributed by atoms with Gasteiger partial charge in [-0.2, -0.15) is 5.10 Å². The van der Waals surface area contributed by atoms with Crippen molar-refractivity contribution in [3.63, 3.8) is 0 Å². The molecule has 134 valence electrons. The van der Waals surface area contributed by atoms with Crippen molar-refractivity contribution >= 4 is 17.4 Å². The number of hydrogen-bond donors (Lipinski definition) is 2. The van der Waals surface area contributed by atoms with Crippen LogP contribution in [0.2, 0.25) is 0 Å². The predicted molar refractivity (Wildman–Crippen MR) is 98.5 cm³/mol. The molecule has 3 rings (SSSR count). The number of aromatic nitrogens is 2. The monoisotopic (exact) mass is 343 g/mol. The van der Waals surface area contributed by atoms with Gasteiger partial charge in [0.15, 0.2) is 0 Å². The minimum Gasteiger partial charge on any atom is -0.492 e. The first kappa shape index (κ1) is 17.1. The van der Waals surface area contributed by atoms with Gasteiger partial charge in [0.1, 0.15) is 5.75 Å². The Balaban J connectivity index is 1.61. The van der Waals surface area contributed by atoms with E-state index >= 15 is 0 Å². The van der Waals surface area contributed by atoms with E-state index in [1.807, 2.05) is 49.9 Å². The first-order chi connectivity index (χ1) is 12.1. The fourth-order valence-electron chi connectivity index (χ4n) is 3.19. The molecule has 0 aliphatic carbocycles. The van der Waals surface area contributed by atoms with Crippen LogP contribution in [0.5, 0.6) is 5.75 Å². The molecule has 1 aromatic carbocycles. The van der Waals surface area contributed by atoms with E-state index in [2.05, 4.69) is 20.4 Å². The highest BCUT2D eigenvalue weighted by atomic mass is 16.5. The Hall–Kier alpha value is -2.70. The summed E-state index contributed by atoms with van der Waals surface area (Å²) < 4.78 is 5.57. The molecule has 2 aromatic rings. The van der Waals surface area contributed by atoms with Crippen LogP contribution < -0.4 is 15.0 Å². The van der Waals surface area contributed by atoms with Crippen molar-refractivity contribution < 1.29 is 9.53 Å². The molecule has 1 aliphatic rings. The molecule has 1 aliphatic heterocycles. The summed E-state index contributed by atoms with van der Waals surface area (Å²) in [6, 6.07) is 7.42. The quantitative estimate of drug-likeness (QED) is 0.895. The number of amides is 2. The van der Waals surface area contributed by atoms with Gasteiger partial charge in [-0.3, -0.25) is 5.10 Å². The van der Waals surface area contributed by atoms with Crippen LogP contribution in [-0.4, -0.2) is 53.9 Å². The molecule has 0 bridgehead atoms. The number of carbonyl (C=O) groups is 1. The summed E-state index contributed by atoms with van der Waals surface area (Å²) in [4.78, 5) is 16.7. The summed E-state index contributed by atoms with van der Waals surface area (Å²) in [6.45, 7) is 9.46. The molecule has 0 spiro atoms. The maximum atomic E-state index is 12.6. The van der Waals surface area contributed by atoms with Crippen molar-refractivity contribution in [1.29, 1.82) is 0 Å². The van der Waals surface area contributed by atoms with E-state index in [-0.39, 0.29) is 6.03 Å². The molecular weight excluding hydrogens is 318 g/mol. The highest BCUT2D eigenvalue weighted by Crippen LogP contribution is 2.25. The molecule has 7 heteroatoms. The van der Waals surface area contributed by atoms with Gasteiger partial charge in [-0.25, -0.2) is 4.79 Å². The third-order valence-corrected chi connectivity index (χ3v) is 4.40. The predicted octanol–water partition coefficient (Wildman–Crippen LogP) is 2.78. The number of urea groups is 1. The van der Waals surface area contributed by atoms with E-state index in [1.54, 1.807) is 0 Å². The summed E-state index contributed by atoms with van der Waals surface area (Å²) in [6.07, 6.45) is 0. The minimum atomic E-state index is -0.0903. The molecule has 7 nitrogen and oxygen atoms in total. The Bertz CT molecular complexity index is 715. The van der Waals surface area contributed by atoms with Gasteiger partial charge >= 0.3 is 6.03 Å². The van der Waals surface area contributed by atoms with Crippen LogP contribution in [0, 0.1) is 13.8 Å². The molecule has 2 amide bonds. The van der Waals surface area contributed by atoms with Crippen LogP contribution >= 0.6 is 0 Å². The number of ether oxygens (including phenoxy) is 1. The van der Waals surface area contributed by atoms with Crippen molar-refractivity contribution in [1.82, 2.24) is 15.1 Å². The Kier molecular flexibility index (Phi) is 5.11. The van der Waals surface area contributed by atoms with Crippen molar-refractivity contribution in [2.45, 2.75) is 20.8 Å². The smallest absolute Gasteiger partial charge is 0.322 e. The van der Waals surface area contributed by atoms with E-state index in [1.165, 1.54) is 0 Å². The van der Waals surface area contributed by atoms with E-state index in [4.69, 9.17) is 4.74 Å². The maximum Gasteiger partial charge on any atom is 0.322 e. The first-order valence-corrected chi connectivity index (χ1v) is 8.64. The van der Waals surface area contributed by atoms with E-state index in [0.29, 0.717) is 31.1 Å². The third kappa shape index (κ3) is 3.70. The first-order valence-electron chi connectivity index (χ1n) is 8.64. The maximum absolute atomic E-state index is 12.6. The zero-order chi connectivity index (χ0) is 17.8. The molecule has 0 unspecified atom stereocenters. The summed E-state index contributed by atoms with van der Waals surface area (Å²) in [7, 11) is 0. The van der Waals surface area contributed by atoms with Crippen LogP contribution in [0.25, 0.3) is 0 Å².